The first-order valence-electron chi connectivity index (χ1n) is 13.6. The second-order valence-corrected chi connectivity index (χ2v) is 11.7. The van der Waals surface area contributed by atoms with Gasteiger partial charge in [-0.05, 0) is 96.0 Å². The van der Waals surface area contributed by atoms with Crippen LogP contribution in [0.3, 0.4) is 0 Å². The molecule has 38 heavy (non-hydrogen) atoms. The summed E-state index contributed by atoms with van der Waals surface area (Å²) in [6.07, 6.45) is 9.12. The van der Waals surface area contributed by atoms with Crippen LogP contribution in [0.5, 0.6) is 0 Å². The number of amides is 2. The number of hydrogen-bond donors (Lipinski definition) is 2. The normalized spacial score (nSPS) is 22.6. The first-order chi connectivity index (χ1) is 18.5. The highest BCUT2D eigenvalue weighted by Crippen LogP contribution is 2.40. The molecule has 0 spiro atoms. The van der Waals surface area contributed by atoms with Gasteiger partial charge in [-0.2, -0.15) is 11.3 Å². The lowest BCUT2D eigenvalue weighted by Gasteiger charge is -2.38. The summed E-state index contributed by atoms with van der Waals surface area (Å²) >= 11 is 1.65. The van der Waals surface area contributed by atoms with Gasteiger partial charge in [0.25, 0.3) is 0 Å². The van der Waals surface area contributed by atoms with E-state index in [4.69, 9.17) is 10.5 Å². The smallest absolute Gasteiger partial charge is 0.410 e. The Kier molecular flexibility index (Phi) is 6.93. The molecule has 2 aliphatic carbocycles. The van der Waals surface area contributed by atoms with Gasteiger partial charge in [-0.1, -0.05) is 24.3 Å². The van der Waals surface area contributed by atoms with Crippen molar-refractivity contribution in [3.05, 3.63) is 58.9 Å². The Morgan fingerprint density at radius 2 is 1.89 bits per heavy atom. The molecule has 7 nitrogen and oxygen atoms in total. The van der Waals surface area contributed by atoms with Crippen LogP contribution in [0.1, 0.15) is 56.9 Å². The van der Waals surface area contributed by atoms with Gasteiger partial charge in [0.1, 0.15) is 12.4 Å². The van der Waals surface area contributed by atoms with Crippen molar-refractivity contribution in [3.63, 3.8) is 0 Å². The molecule has 3 heterocycles. The number of nitrogens with one attached hydrogen (secondary N) is 1. The molecule has 3 N–H and O–H groups in total. The van der Waals surface area contributed by atoms with Crippen molar-refractivity contribution in [2.45, 2.75) is 62.9 Å². The van der Waals surface area contributed by atoms with Gasteiger partial charge in [0, 0.05) is 29.8 Å². The quantitative estimate of drug-likeness (QED) is 0.382. The molecule has 1 aliphatic heterocycles. The number of hydrogen-bond acceptors (Lipinski definition) is 6. The second-order valence-electron chi connectivity index (χ2n) is 10.9. The summed E-state index contributed by atoms with van der Waals surface area (Å²) in [6, 6.07) is 12.9. The van der Waals surface area contributed by atoms with E-state index in [1.54, 1.807) is 11.3 Å². The van der Waals surface area contributed by atoms with Crippen LogP contribution >= 0.6 is 11.3 Å². The molecule has 3 aromatic rings. The fourth-order valence-corrected chi connectivity index (χ4v) is 6.75. The number of carbonyl (C=O) groups is 2. The van der Waals surface area contributed by atoms with Crippen LogP contribution in [0.2, 0.25) is 0 Å². The molecular weight excluding hydrogens is 496 g/mol. The van der Waals surface area contributed by atoms with Gasteiger partial charge in [0.2, 0.25) is 5.91 Å². The summed E-state index contributed by atoms with van der Waals surface area (Å²) in [5.41, 5.74) is 11.8. The fraction of sp³-hybridized carbons (Fsp3) is 0.433. The lowest BCUT2D eigenvalue weighted by atomic mass is 9.72. The van der Waals surface area contributed by atoms with Crippen LogP contribution in [0.4, 0.5) is 10.6 Å². The minimum Gasteiger partial charge on any atom is -0.448 e. The number of thiophene rings is 1. The maximum Gasteiger partial charge on any atom is 0.410 e. The van der Waals surface area contributed by atoms with Crippen LogP contribution in [0, 0.1) is 5.92 Å². The lowest BCUT2D eigenvalue weighted by molar-refractivity contribution is -0.117. The third kappa shape index (κ3) is 5.07. The Labute approximate surface area is 227 Å². The van der Waals surface area contributed by atoms with Crippen molar-refractivity contribution < 1.29 is 14.3 Å². The zero-order chi connectivity index (χ0) is 26.1. The molecule has 2 amide bonds. The number of benzene rings is 1. The predicted octanol–water partition coefficient (Wildman–Crippen LogP) is 6.15. The highest BCUT2D eigenvalue weighted by Gasteiger charge is 2.34. The lowest BCUT2D eigenvalue weighted by Crippen LogP contribution is -2.43. The predicted molar refractivity (Wildman–Crippen MR) is 150 cm³/mol. The van der Waals surface area contributed by atoms with Crippen LogP contribution in [-0.2, 0) is 15.1 Å². The molecular formula is C30H34N4O3S. The van der Waals surface area contributed by atoms with Gasteiger partial charge >= 0.3 is 6.09 Å². The van der Waals surface area contributed by atoms with Crippen molar-refractivity contribution in [1.29, 1.82) is 0 Å². The number of ether oxygens (including phenoxy) is 1. The number of rotatable bonds is 7. The van der Waals surface area contributed by atoms with Crippen LogP contribution in [-0.4, -0.2) is 41.1 Å². The third-order valence-corrected chi connectivity index (χ3v) is 9.23. The average molecular weight is 531 g/mol. The molecule has 0 bridgehead atoms. The number of nitrogens with two attached hydrogens (primary N) is 1. The number of pyridine rings is 1. The molecule has 3 aliphatic rings. The zero-order valence-electron chi connectivity index (χ0n) is 21.5. The van der Waals surface area contributed by atoms with Gasteiger partial charge in [0.05, 0.1) is 6.54 Å². The molecule has 0 unspecified atom stereocenters. The van der Waals surface area contributed by atoms with Crippen LogP contribution < -0.4 is 11.1 Å². The van der Waals surface area contributed by atoms with E-state index in [0.29, 0.717) is 31.3 Å². The van der Waals surface area contributed by atoms with Crippen LogP contribution in [0.25, 0.3) is 22.3 Å². The maximum absolute atomic E-state index is 12.9. The second kappa shape index (κ2) is 10.5. The van der Waals surface area contributed by atoms with E-state index in [-0.39, 0.29) is 23.6 Å². The minimum atomic E-state index is -0.195. The van der Waals surface area contributed by atoms with E-state index in [1.165, 1.54) is 12.0 Å². The van der Waals surface area contributed by atoms with Crippen molar-refractivity contribution >= 4 is 29.2 Å². The number of aromatic nitrogens is 1. The fourth-order valence-electron chi connectivity index (χ4n) is 6.09. The van der Waals surface area contributed by atoms with Gasteiger partial charge in [-0.3, -0.25) is 4.79 Å². The summed E-state index contributed by atoms with van der Waals surface area (Å²) in [4.78, 5) is 31.3. The monoisotopic (exact) mass is 530 g/mol. The van der Waals surface area contributed by atoms with Gasteiger partial charge in [-0.25, -0.2) is 9.78 Å². The largest absolute Gasteiger partial charge is 0.448 e. The third-order valence-electron chi connectivity index (χ3n) is 8.54. The van der Waals surface area contributed by atoms with E-state index >= 15 is 0 Å². The topological polar surface area (TPSA) is 97.5 Å². The van der Waals surface area contributed by atoms with E-state index in [2.05, 4.69) is 51.4 Å². The maximum atomic E-state index is 12.9. The molecule has 8 heteroatoms. The van der Waals surface area contributed by atoms with Gasteiger partial charge < -0.3 is 20.7 Å². The van der Waals surface area contributed by atoms with Crippen molar-refractivity contribution in [3.8, 4) is 22.3 Å². The number of anilines is 1. The Morgan fingerprint density at radius 1 is 1.11 bits per heavy atom. The Balaban J connectivity index is 1.13. The Hall–Kier alpha value is -3.23. The standard InChI is InChI=1S/C30H34N4O3S/c31-30(11-1-12-30)23-6-4-21(5-7-23)26-18-32-27(17-25(26)22-10-15-38-19-22)33-28(35)16-20-2-8-24(9-3-20)34-13-14-37-29(34)36/h4-7,10,15,17-20,24H,1-3,8-9,11-14,16,31H2,(H,32,33,35). The molecule has 6 rings (SSSR count). The minimum absolute atomic E-state index is 0.0105. The average Bonchev–Trinajstić information content (AvgIpc) is 3.60. The molecule has 198 valence electrons. The molecule has 1 saturated heterocycles. The molecule has 0 atom stereocenters. The summed E-state index contributed by atoms with van der Waals surface area (Å²) in [5.74, 6) is 0.879. The summed E-state index contributed by atoms with van der Waals surface area (Å²) < 4.78 is 5.09. The SMILES string of the molecule is NC1(c2ccc(-c3cnc(NC(=O)CC4CCC(N5CCOC5=O)CC4)cc3-c3ccsc3)cc2)CCC1. The number of cyclic esters (lactones) is 1. The summed E-state index contributed by atoms with van der Waals surface area (Å²) in [5, 5.41) is 7.23. The molecule has 3 fully saturated rings. The molecule has 2 saturated carbocycles. The van der Waals surface area contributed by atoms with Crippen molar-refractivity contribution in [2.75, 3.05) is 18.5 Å². The first-order valence-corrected chi connectivity index (χ1v) is 14.6. The summed E-state index contributed by atoms with van der Waals surface area (Å²) in [6.45, 7) is 1.17. The summed E-state index contributed by atoms with van der Waals surface area (Å²) in [7, 11) is 0. The highest BCUT2D eigenvalue weighted by atomic mass is 32.1. The van der Waals surface area contributed by atoms with E-state index in [9.17, 15) is 9.59 Å². The highest BCUT2D eigenvalue weighted by molar-refractivity contribution is 7.08. The van der Waals surface area contributed by atoms with Crippen molar-refractivity contribution in [2.24, 2.45) is 11.7 Å². The molecule has 2 aromatic heterocycles. The van der Waals surface area contributed by atoms with E-state index in [0.717, 1.165) is 60.8 Å². The van der Waals surface area contributed by atoms with E-state index in [1.807, 2.05) is 17.2 Å². The Morgan fingerprint density at radius 3 is 2.53 bits per heavy atom. The van der Waals surface area contributed by atoms with Crippen LogP contribution in [0.15, 0.2) is 53.4 Å². The molecule has 0 radical (unpaired) electrons. The number of carbonyl (C=O) groups excluding carboxylic acids is 2. The van der Waals surface area contributed by atoms with Gasteiger partial charge in [0.15, 0.2) is 0 Å². The Bertz CT molecular complexity index is 1300. The zero-order valence-corrected chi connectivity index (χ0v) is 22.3. The van der Waals surface area contributed by atoms with Crippen molar-refractivity contribution in [1.82, 2.24) is 9.88 Å². The molecule has 1 aromatic carbocycles. The van der Waals surface area contributed by atoms with E-state index < -0.39 is 0 Å². The van der Waals surface area contributed by atoms with Gasteiger partial charge in [-0.15, -0.1) is 0 Å². The number of nitrogens with zero attached hydrogens (tertiary/aromatic N) is 2. The first kappa shape index (κ1) is 25.1.